The van der Waals surface area contributed by atoms with Gasteiger partial charge in [-0.3, -0.25) is 9.59 Å². The zero-order valence-electron chi connectivity index (χ0n) is 18.3. The monoisotopic (exact) mass is 442 g/mol. The third-order valence-electron chi connectivity index (χ3n) is 6.80. The quantitative estimate of drug-likeness (QED) is 0.599. The van der Waals surface area contributed by atoms with Gasteiger partial charge in [0.1, 0.15) is 0 Å². The molecule has 0 saturated carbocycles. The molecule has 0 spiro atoms. The molecule has 1 aliphatic carbocycles. The van der Waals surface area contributed by atoms with E-state index in [9.17, 15) is 19.6 Å². The molecule has 166 valence electrons. The van der Waals surface area contributed by atoms with Crippen molar-refractivity contribution in [3.8, 4) is 6.07 Å². The van der Waals surface area contributed by atoms with Crippen molar-refractivity contribution >= 4 is 28.7 Å². The molecule has 3 aromatic rings. The Hall–Kier alpha value is -4.12. The number of H-pyrrole nitrogens is 1. The summed E-state index contributed by atoms with van der Waals surface area (Å²) in [4.78, 5) is 44.1. The van der Waals surface area contributed by atoms with Crippen LogP contribution in [0.15, 0.2) is 36.4 Å². The number of nitrogens with zero attached hydrogens (tertiary/aromatic N) is 3. The molecule has 1 saturated heterocycles. The predicted molar refractivity (Wildman–Crippen MR) is 121 cm³/mol. The largest absolute Gasteiger partial charge is 0.465 e. The molecule has 1 aromatic heterocycles. The number of aromatic amines is 1. The number of amides is 2. The van der Waals surface area contributed by atoms with E-state index >= 15 is 0 Å². The van der Waals surface area contributed by atoms with Crippen molar-refractivity contribution in [3.05, 3.63) is 69.9 Å². The second kappa shape index (κ2) is 7.20. The molecule has 1 fully saturated rings. The molecule has 2 aromatic carbocycles. The molecular formula is C25H22N4O4. The van der Waals surface area contributed by atoms with Crippen LogP contribution in [0.25, 0.3) is 10.9 Å². The number of hydrogen-bond donors (Lipinski definition) is 2. The van der Waals surface area contributed by atoms with Gasteiger partial charge in [-0.25, -0.2) is 4.79 Å². The first-order chi connectivity index (χ1) is 15.7. The van der Waals surface area contributed by atoms with Gasteiger partial charge in [-0.15, -0.1) is 0 Å². The number of piperazine rings is 1. The average Bonchev–Trinajstić information content (AvgIpc) is 3.22. The van der Waals surface area contributed by atoms with E-state index in [2.05, 4.69) is 11.1 Å². The van der Waals surface area contributed by atoms with E-state index in [-0.39, 0.29) is 24.8 Å². The molecule has 5 rings (SSSR count). The number of rotatable bonds is 1. The summed E-state index contributed by atoms with van der Waals surface area (Å²) in [7, 11) is 0. The van der Waals surface area contributed by atoms with E-state index in [1.54, 1.807) is 41.3 Å². The standard InChI is InChI=1S/C25H22N4O4/c1-25(2)18-12-15(23(31)28-7-9-29(10-8-28)24(32)33)4-6-16(18)21(30)20-17-5-3-14(13-26)11-19(17)27-22(20)25/h3-6,11-12,27H,7-10H2,1-2H3,(H,32,33). The Kier molecular flexibility index (Phi) is 4.53. The van der Waals surface area contributed by atoms with Crippen LogP contribution in [0.1, 0.15) is 56.9 Å². The van der Waals surface area contributed by atoms with Gasteiger partial charge in [0.25, 0.3) is 5.91 Å². The fourth-order valence-electron chi connectivity index (χ4n) is 4.92. The Morgan fingerprint density at radius 1 is 1.06 bits per heavy atom. The van der Waals surface area contributed by atoms with Crippen molar-refractivity contribution in [2.75, 3.05) is 26.2 Å². The summed E-state index contributed by atoms with van der Waals surface area (Å²) in [5.41, 5.74) is 3.86. The number of nitrogens with one attached hydrogen (secondary N) is 1. The van der Waals surface area contributed by atoms with E-state index in [4.69, 9.17) is 5.11 Å². The zero-order valence-corrected chi connectivity index (χ0v) is 18.3. The average molecular weight is 442 g/mol. The number of ketones is 1. The van der Waals surface area contributed by atoms with E-state index in [0.717, 1.165) is 22.2 Å². The zero-order chi connectivity index (χ0) is 23.5. The van der Waals surface area contributed by atoms with Crippen molar-refractivity contribution in [2.45, 2.75) is 19.3 Å². The van der Waals surface area contributed by atoms with Gasteiger partial charge in [0.15, 0.2) is 5.78 Å². The van der Waals surface area contributed by atoms with Crippen molar-refractivity contribution in [1.82, 2.24) is 14.8 Å². The van der Waals surface area contributed by atoms with Crippen LogP contribution in [0, 0.1) is 11.3 Å². The van der Waals surface area contributed by atoms with Crippen LogP contribution in [0.2, 0.25) is 0 Å². The van der Waals surface area contributed by atoms with Crippen LogP contribution in [-0.4, -0.2) is 63.9 Å². The summed E-state index contributed by atoms with van der Waals surface area (Å²) in [6.45, 7) is 5.24. The van der Waals surface area contributed by atoms with Crippen LogP contribution < -0.4 is 0 Å². The normalized spacial score (nSPS) is 16.8. The minimum Gasteiger partial charge on any atom is -0.465 e. The summed E-state index contributed by atoms with van der Waals surface area (Å²) in [5.74, 6) is -0.281. The summed E-state index contributed by atoms with van der Waals surface area (Å²) in [5, 5.41) is 19.1. The highest BCUT2D eigenvalue weighted by atomic mass is 16.4. The highest BCUT2D eigenvalue weighted by Gasteiger charge is 2.40. The predicted octanol–water partition coefficient (Wildman–Crippen LogP) is 3.35. The third kappa shape index (κ3) is 3.08. The lowest BCUT2D eigenvalue weighted by Crippen LogP contribution is -2.50. The number of benzene rings is 2. The number of aromatic nitrogens is 1. The topological polar surface area (TPSA) is 118 Å². The van der Waals surface area contributed by atoms with Crippen LogP contribution in [0.5, 0.6) is 0 Å². The SMILES string of the molecule is CC1(C)c2cc(C(=O)N3CCN(C(=O)O)CC3)ccc2C(=O)c2c1[nH]c1cc(C#N)ccc21. The summed E-state index contributed by atoms with van der Waals surface area (Å²) >= 11 is 0. The molecule has 0 atom stereocenters. The van der Waals surface area contributed by atoms with Crippen LogP contribution in [-0.2, 0) is 5.41 Å². The number of carbonyl (C=O) groups excluding carboxylic acids is 2. The number of nitriles is 1. The summed E-state index contributed by atoms with van der Waals surface area (Å²) in [6.07, 6.45) is -0.979. The van der Waals surface area contributed by atoms with Crippen molar-refractivity contribution in [1.29, 1.82) is 5.26 Å². The Balaban J connectivity index is 1.53. The molecule has 0 radical (unpaired) electrons. The van der Waals surface area contributed by atoms with Crippen molar-refractivity contribution in [2.24, 2.45) is 0 Å². The van der Waals surface area contributed by atoms with E-state index in [0.29, 0.717) is 35.3 Å². The van der Waals surface area contributed by atoms with Gasteiger partial charge >= 0.3 is 6.09 Å². The number of carbonyl (C=O) groups is 3. The van der Waals surface area contributed by atoms with Crippen LogP contribution >= 0.6 is 0 Å². The third-order valence-corrected chi connectivity index (χ3v) is 6.80. The Labute approximate surface area is 190 Å². The van der Waals surface area contributed by atoms with Gasteiger partial charge in [0.05, 0.1) is 17.2 Å². The maximum Gasteiger partial charge on any atom is 0.407 e. The lowest BCUT2D eigenvalue weighted by molar-refractivity contribution is 0.0624. The van der Waals surface area contributed by atoms with Gasteiger partial charge in [-0.2, -0.15) is 5.26 Å². The molecule has 0 bridgehead atoms. The maximum atomic E-state index is 13.5. The molecule has 2 aliphatic rings. The summed E-state index contributed by atoms with van der Waals surface area (Å²) < 4.78 is 0. The molecule has 8 heteroatoms. The first-order valence-corrected chi connectivity index (χ1v) is 10.7. The van der Waals surface area contributed by atoms with Crippen molar-refractivity contribution < 1.29 is 19.5 Å². The lowest BCUT2D eigenvalue weighted by atomic mass is 9.71. The first kappa shape index (κ1) is 20.8. The molecule has 8 nitrogen and oxygen atoms in total. The van der Waals surface area contributed by atoms with Gasteiger partial charge in [-0.1, -0.05) is 19.9 Å². The van der Waals surface area contributed by atoms with Crippen molar-refractivity contribution in [3.63, 3.8) is 0 Å². The molecule has 1 aliphatic heterocycles. The highest BCUT2D eigenvalue weighted by molar-refractivity contribution is 6.20. The fraction of sp³-hybridized carbons (Fsp3) is 0.280. The first-order valence-electron chi connectivity index (χ1n) is 10.7. The Morgan fingerprint density at radius 3 is 2.42 bits per heavy atom. The Bertz CT molecular complexity index is 1390. The number of fused-ring (bicyclic) bond motifs is 4. The molecule has 2 heterocycles. The minimum atomic E-state index is -0.979. The molecule has 2 N–H and O–H groups in total. The highest BCUT2D eigenvalue weighted by Crippen LogP contribution is 2.44. The van der Waals surface area contributed by atoms with Gasteiger partial charge in [0, 0.05) is 59.3 Å². The van der Waals surface area contributed by atoms with E-state index in [1.807, 2.05) is 13.8 Å². The summed E-state index contributed by atoms with van der Waals surface area (Å²) in [6, 6.07) is 12.6. The number of carboxylic acid groups (broad SMARTS) is 1. The van der Waals surface area contributed by atoms with Crippen LogP contribution in [0.3, 0.4) is 0 Å². The number of hydrogen-bond acceptors (Lipinski definition) is 4. The minimum absolute atomic E-state index is 0.107. The second-order valence-corrected chi connectivity index (χ2v) is 9.02. The smallest absolute Gasteiger partial charge is 0.407 e. The van der Waals surface area contributed by atoms with Gasteiger partial charge in [-0.05, 0) is 35.9 Å². The second-order valence-electron chi connectivity index (χ2n) is 9.02. The molecule has 0 unspecified atom stereocenters. The van der Waals surface area contributed by atoms with Crippen LogP contribution in [0.4, 0.5) is 4.79 Å². The van der Waals surface area contributed by atoms with Gasteiger partial charge < -0.3 is 19.9 Å². The lowest BCUT2D eigenvalue weighted by Gasteiger charge is -2.34. The van der Waals surface area contributed by atoms with Gasteiger partial charge in [0.2, 0.25) is 0 Å². The molecular weight excluding hydrogens is 420 g/mol. The molecule has 33 heavy (non-hydrogen) atoms. The van der Waals surface area contributed by atoms with E-state index in [1.165, 1.54) is 4.90 Å². The Morgan fingerprint density at radius 2 is 1.76 bits per heavy atom. The fourth-order valence-corrected chi connectivity index (χ4v) is 4.92. The maximum absolute atomic E-state index is 13.5. The van der Waals surface area contributed by atoms with E-state index < -0.39 is 11.5 Å². The molecule has 2 amide bonds.